The van der Waals surface area contributed by atoms with Gasteiger partial charge in [0.1, 0.15) is 6.04 Å². The van der Waals surface area contributed by atoms with Crippen LogP contribution in [0.3, 0.4) is 0 Å². The van der Waals surface area contributed by atoms with E-state index in [1.54, 1.807) is 18.2 Å². The van der Waals surface area contributed by atoms with Gasteiger partial charge >= 0.3 is 5.97 Å². The second-order valence-corrected chi connectivity index (χ2v) is 6.38. The number of carboxylic acids is 1. The van der Waals surface area contributed by atoms with Crippen molar-refractivity contribution >= 4 is 23.6 Å². The molecule has 5 nitrogen and oxygen atoms in total. The van der Waals surface area contributed by atoms with E-state index in [1.165, 1.54) is 22.7 Å². The highest BCUT2D eigenvalue weighted by molar-refractivity contribution is 8.00. The van der Waals surface area contributed by atoms with Gasteiger partial charge in [0, 0.05) is 11.3 Å². The van der Waals surface area contributed by atoms with E-state index < -0.39 is 12.0 Å². The first-order chi connectivity index (χ1) is 9.95. The van der Waals surface area contributed by atoms with Crippen molar-refractivity contribution < 1.29 is 14.7 Å². The fourth-order valence-corrected chi connectivity index (χ4v) is 3.83. The Hall–Kier alpha value is -2.00. The molecule has 0 aliphatic carbocycles. The first kappa shape index (κ1) is 15.4. The molecule has 1 amide bonds. The number of aliphatic carboxylic acids is 1. The lowest BCUT2D eigenvalue weighted by molar-refractivity contribution is -0.141. The molecule has 0 saturated carbocycles. The summed E-state index contributed by atoms with van der Waals surface area (Å²) in [5.74, 6) is -0.775. The molecular formula is C15H16N2O3S. The van der Waals surface area contributed by atoms with Gasteiger partial charge in [-0.1, -0.05) is 19.9 Å². The van der Waals surface area contributed by atoms with E-state index in [1.807, 2.05) is 19.9 Å². The van der Waals surface area contributed by atoms with Crippen molar-refractivity contribution in [2.24, 2.45) is 5.92 Å². The number of carbonyl (C=O) groups excluding carboxylic acids is 1. The highest BCUT2D eigenvalue weighted by atomic mass is 32.2. The van der Waals surface area contributed by atoms with E-state index >= 15 is 0 Å². The second kappa shape index (κ2) is 6.19. The van der Waals surface area contributed by atoms with Crippen LogP contribution in [0, 0.1) is 17.2 Å². The number of nitrogens with zero attached hydrogens (tertiary/aromatic N) is 2. The van der Waals surface area contributed by atoms with Gasteiger partial charge in [-0.05, 0) is 24.1 Å². The number of carboxylic acid groups (broad SMARTS) is 1. The number of carbonyl (C=O) groups is 2. The largest absolute Gasteiger partial charge is 0.480 e. The van der Waals surface area contributed by atoms with Crippen LogP contribution in [0.25, 0.3) is 0 Å². The zero-order valence-corrected chi connectivity index (χ0v) is 12.6. The van der Waals surface area contributed by atoms with Gasteiger partial charge in [-0.25, -0.2) is 4.79 Å². The molecular weight excluding hydrogens is 288 g/mol. The average Bonchev–Trinajstić information content (AvgIpc) is 2.91. The fourth-order valence-electron chi connectivity index (χ4n) is 2.36. The third-order valence-corrected chi connectivity index (χ3v) is 4.98. The summed E-state index contributed by atoms with van der Waals surface area (Å²) >= 11 is 1.49. The minimum Gasteiger partial charge on any atom is -0.480 e. The summed E-state index contributed by atoms with van der Waals surface area (Å²) < 4.78 is 0. The van der Waals surface area contributed by atoms with Gasteiger partial charge in [0.2, 0.25) is 0 Å². The molecule has 1 aromatic carbocycles. The third kappa shape index (κ3) is 3.03. The van der Waals surface area contributed by atoms with Crippen LogP contribution in [0.15, 0.2) is 24.3 Å². The SMILES string of the molecule is CC(C)C1SCC(C(=O)O)N1C(=O)c1cccc(C#N)c1. The van der Waals surface area contributed by atoms with Crippen molar-refractivity contribution in [3.05, 3.63) is 35.4 Å². The van der Waals surface area contributed by atoms with Crippen LogP contribution in [-0.2, 0) is 4.79 Å². The maximum Gasteiger partial charge on any atom is 0.327 e. The van der Waals surface area contributed by atoms with Gasteiger partial charge in [0.05, 0.1) is 17.0 Å². The summed E-state index contributed by atoms with van der Waals surface area (Å²) in [6.45, 7) is 3.93. The smallest absolute Gasteiger partial charge is 0.327 e. The van der Waals surface area contributed by atoms with Crippen LogP contribution in [0.1, 0.15) is 29.8 Å². The molecule has 1 aromatic rings. The Morgan fingerprint density at radius 2 is 2.19 bits per heavy atom. The predicted molar refractivity (Wildman–Crippen MR) is 79.8 cm³/mol. The summed E-state index contributed by atoms with van der Waals surface area (Å²) in [6.07, 6.45) is 0. The number of hydrogen-bond donors (Lipinski definition) is 1. The summed E-state index contributed by atoms with van der Waals surface area (Å²) in [5.41, 5.74) is 0.745. The zero-order valence-electron chi connectivity index (χ0n) is 11.8. The molecule has 110 valence electrons. The Morgan fingerprint density at radius 1 is 1.48 bits per heavy atom. The van der Waals surface area contributed by atoms with Crippen molar-refractivity contribution in [1.82, 2.24) is 4.90 Å². The minimum atomic E-state index is -0.990. The number of thioether (sulfide) groups is 1. The van der Waals surface area contributed by atoms with Gasteiger partial charge < -0.3 is 10.0 Å². The van der Waals surface area contributed by atoms with Gasteiger partial charge in [0.15, 0.2) is 0 Å². The Balaban J connectivity index is 2.37. The molecule has 0 bridgehead atoms. The second-order valence-electron chi connectivity index (χ2n) is 5.23. The van der Waals surface area contributed by atoms with Crippen molar-refractivity contribution in [3.8, 4) is 6.07 Å². The molecule has 1 N–H and O–H groups in total. The van der Waals surface area contributed by atoms with Crippen LogP contribution < -0.4 is 0 Å². The molecule has 1 heterocycles. The predicted octanol–water partition coefficient (Wildman–Crippen LogP) is 2.18. The summed E-state index contributed by atoms with van der Waals surface area (Å²) in [7, 11) is 0. The molecule has 2 unspecified atom stereocenters. The fraction of sp³-hybridized carbons (Fsp3) is 0.400. The number of amides is 1. The maximum absolute atomic E-state index is 12.7. The van der Waals surface area contributed by atoms with Gasteiger partial charge in [-0.2, -0.15) is 5.26 Å². The molecule has 2 rings (SSSR count). The zero-order chi connectivity index (χ0) is 15.6. The molecule has 6 heteroatoms. The van der Waals surface area contributed by atoms with E-state index in [0.29, 0.717) is 16.9 Å². The molecule has 1 aliphatic heterocycles. The summed E-state index contributed by atoms with van der Waals surface area (Å²) in [6, 6.07) is 7.53. The van der Waals surface area contributed by atoms with Crippen LogP contribution >= 0.6 is 11.8 Å². The van der Waals surface area contributed by atoms with Crippen molar-refractivity contribution in [3.63, 3.8) is 0 Å². The lowest BCUT2D eigenvalue weighted by Crippen LogP contribution is -2.47. The molecule has 2 atom stereocenters. The number of benzene rings is 1. The Kier molecular flexibility index (Phi) is 4.53. The van der Waals surface area contributed by atoms with Crippen molar-refractivity contribution in [2.45, 2.75) is 25.3 Å². The number of rotatable bonds is 3. The van der Waals surface area contributed by atoms with Crippen LogP contribution in [0.4, 0.5) is 0 Å². The van der Waals surface area contributed by atoms with Crippen molar-refractivity contribution in [1.29, 1.82) is 5.26 Å². The van der Waals surface area contributed by atoms with Crippen LogP contribution in [0.5, 0.6) is 0 Å². The minimum absolute atomic E-state index is 0.155. The lowest BCUT2D eigenvalue weighted by Gasteiger charge is -2.29. The van der Waals surface area contributed by atoms with Gasteiger partial charge in [-0.3, -0.25) is 4.79 Å². The first-order valence-electron chi connectivity index (χ1n) is 6.63. The normalized spacial score (nSPS) is 21.3. The van der Waals surface area contributed by atoms with E-state index in [0.717, 1.165) is 0 Å². The number of hydrogen-bond acceptors (Lipinski definition) is 4. The van der Waals surface area contributed by atoms with Crippen LogP contribution in [0.2, 0.25) is 0 Å². The molecule has 1 saturated heterocycles. The monoisotopic (exact) mass is 304 g/mol. The molecule has 21 heavy (non-hydrogen) atoms. The van der Waals surface area contributed by atoms with E-state index in [9.17, 15) is 14.7 Å². The Morgan fingerprint density at radius 3 is 2.76 bits per heavy atom. The highest BCUT2D eigenvalue weighted by Gasteiger charge is 2.43. The summed E-state index contributed by atoms with van der Waals surface area (Å²) in [5, 5.41) is 18.1. The first-order valence-corrected chi connectivity index (χ1v) is 7.67. The molecule has 0 aromatic heterocycles. The maximum atomic E-state index is 12.7. The molecule has 1 aliphatic rings. The van der Waals surface area contributed by atoms with Gasteiger partial charge in [0.25, 0.3) is 5.91 Å². The van der Waals surface area contributed by atoms with Crippen molar-refractivity contribution in [2.75, 3.05) is 5.75 Å². The van der Waals surface area contributed by atoms with E-state index in [-0.39, 0.29) is 17.2 Å². The number of nitriles is 1. The molecule has 1 fully saturated rings. The lowest BCUT2D eigenvalue weighted by atomic mass is 10.1. The Bertz CT molecular complexity index is 609. The summed E-state index contributed by atoms with van der Waals surface area (Å²) in [4.78, 5) is 25.5. The Labute approximate surface area is 127 Å². The van der Waals surface area contributed by atoms with Gasteiger partial charge in [-0.15, -0.1) is 11.8 Å². The average molecular weight is 304 g/mol. The van der Waals surface area contributed by atoms with E-state index in [4.69, 9.17) is 5.26 Å². The topological polar surface area (TPSA) is 81.4 Å². The van der Waals surface area contributed by atoms with Crippen LogP contribution in [-0.4, -0.2) is 39.1 Å². The standard InChI is InChI=1S/C15H16N2O3S/c1-9(2)14-17(12(8-21-14)15(19)20)13(18)11-5-3-4-10(6-11)7-16/h3-6,9,12,14H,8H2,1-2H3,(H,19,20). The highest BCUT2D eigenvalue weighted by Crippen LogP contribution is 2.35. The quantitative estimate of drug-likeness (QED) is 0.925. The van der Waals surface area contributed by atoms with E-state index in [2.05, 4.69) is 0 Å². The molecule has 0 radical (unpaired) electrons. The molecule has 0 spiro atoms. The third-order valence-electron chi connectivity index (χ3n) is 3.36.